The largest absolute Gasteiger partial charge is 0.571 e. The number of aromatic hydroxyl groups is 2. The third kappa shape index (κ3) is 13.4. The van der Waals surface area contributed by atoms with Crippen LogP contribution in [0.2, 0.25) is 0 Å². The number of carbonyl (C=O) groups is 5. The molecule has 0 radical (unpaired) electrons. The van der Waals surface area contributed by atoms with Gasteiger partial charge < -0.3 is 124 Å². The number of carbonyl (C=O) groups excluding carboxylic acids is 3. The molecular weight excluding hydrogens is 1060 g/mol. The fourth-order valence-corrected chi connectivity index (χ4v) is 8.11. The number of aliphatic hydroxyl groups excluding tert-OH is 11. The Morgan fingerprint density at radius 3 is 2.03 bits per heavy atom. The van der Waals surface area contributed by atoms with Crippen molar-refractivity contribution in [2.75, 3.05) is 19.8 Å². The van der Waals surface area contributed by atoms with Crippen molar-refractivity contribution in [3.63, 3.8) is 0 Å². The number of carboxylic acids is 2. The first kappa shape index (κ1) is 58.3. The van der Waals surface area contributed by atoms with E-state index in [-0.39, 0.29) is 45.5 Å². The van der Waals surface area contributed by atoms with E-state index in [1.165, 1.54) is 42.5 Å². The second-order valence-corrected chi connectivity index (χ2v) is 17.7. The Hall–Kier alpha value is -7.43. The van der Waals surface area contributed by atoms with Crippen molar-refractivity contribution >= 4 is 41.7 Å². The van der Waals surface area contributed by atoms with Crippen LogP contribution in [0.25, 0.3) is 11.8 Å². The standard InChI is InChI=1S/C48H52O30/c49-14-28-34(59)36(61)39(64)47(74-28)72-25-7-1-17(9-23(25)53)2-8-30(55)76-42(44(65)66)43(45(67)68)77-32(57)13-31(56)69-16-29-35(60)37(62)41(78-46-38(63)33(58)24(54)15-70-46)48(75-29)73-27-12-21-22(52)10-20(51)11-26(21)71-40(27)18-3-5-19(50)6-4-18/h1-12,24,26,28-29,33-39,41-43,46-54,58-64H,13-16H2,(H,65,66)(H,67,68)/p+1/b8-2+/t24-,26?,28-,29-,33+,34-,35+,36+,37+,38-,39-,41-,42-,43-,46+,47-,48-/m1/s1. The average molecular weight is 1110 g/mol. The van der Waals surface area contributed by atoms with Crippen LogP contribution in [0, 0.1) is 0 Å². The molecule has 0 spiro atoms. The third-order valence-corrected chi connectivity index (χ3v) is 12.2. The molecule has 3 fully saturated rings. The highest BCUT2D eigenvalue weighted by molar-refractivity contribution is 5.94. The minimum Gasteiger partial charge on any atom is -0.571 e. The highest BCUT2D eigenvalue weighted by atomic mass is 16.8. The van der Waals surface area contributed by atoms with Gasteiger partial charge in [0.05, 0.1) is 30.4 Å². The van der Waals surface area contributed by atoms with Gasteiger partial charge in [-0.2, -0.15) is 0 Å². The second-order valence-electron chi connectivity index (χ2n) is 17.7. The summed E-state index contributed by atoms with van der Waals surface area (Å²) in [6.45, 7) is -2.38. The molecule has 2 aromatic carbocycles. The molecule has 30 nitrogen and oxygen atoms in total. The fraction of sp³-hybridized carbons (Fsp3) is 0.438. The first-order chi connectivity index (χ1) is 36.9. The molecule has 30 heteroatoms. The van der Waals surface area contributed by atoms with E-state index in [0.29, 0.717) is 6.08 Å². The topological polar surface area (TPSA) is 485 Å². The zero-order chi connectivity index (χ0) is 56.9. The number of hydrogen-bond donors (Lipinski definition) is 15. The van der Waals surface area contributed by atoms with Crippen LogP contribution < -0.4 is 4.74 Å². The van der Waals surface area contributed by atoms with E-state index < -0.39 is 172 Å². The number of hydrogen-bond acceptors (Lipinski definition) is 27. The number of benzene rings is 2. The van der Waals surface area contributed by atoms with Crippen molar-refractivity contribution < 1.29 is 148 Å². The summed E-state index contributed by atoms with van der Waals surface area (Å²) in [6.07, 6.45) is -28.3. The van der Waals surface area contributed by atoms with Gasteiger partial charge in [-0.1, -0.05) is 6.07 Å². The summed E-state index contributed by atoms with van der Waals surface area (Å²) < 4.78 is 52.9. The molecule has 7 rings (SSSR count). The minimum absolute atomic E-state index is 0.00892. The Morgan fingerprint density at radius 1 is 0.705 bits per heavy atom. The predicted molar refractivity (Wildman–Crippen MR) is 247 cm³/mol. The molecule has 0 aromatic heterocycles. The molecule has 16 N–H and O–H groups in total. The van der Waals surface area contributed by atoms with E-state index in [2.05, 4.69) is 4.74 Å². The Morgan fingerprint density at radius 2 is 1.36 bits per heavy atom. The molecule has 4 aliphatic heterocycles. The van der Waals surface area contributed by atoms with E-state index in [9.17, 15) is 101 Å². The van der Waals surface area contributed by atoms with Gasteiger partial charge in [0.2, 0.25) is 36.7 Å². The number of aliphatic carboxylic acids is 2. The van der Waals surface area contributed by atoms with Crippen LogP contribution in [0.15, 0.2) is 89.6 Å². The van der Waals surface area contributed by atoms with Crippen LogP contribution in [0.4, 0.5) is 0 Å². The molecule has 5 aliphatic rings. The van der Waals surface area contributed by atoms with Gasteiger partial charge in [0, 0.05) is 18.2 Å². The van der Waals surface area contributed by atoms with Crippen LogP contribution in [0.1, 0.15) is 17.5 Å². The lowest BCUT2D eigenvalue weighted by Gasteiger charge is -2.44. The van der Waals surface area contributed by atoms with Gasteiger partial charge in [0.25, 0.3) is 0 Å². The van der Waals surface area contributed by atoms with Gasteiger partial charge in [-0.3, -0.25) is 9.59 Å². The summed E-state index contributed by atoms with van der Waals surface area (Å²) in [7, 11) is 0. The van der Waals surface area contributed by atoms with Crippen molar-refractivity contribution in [3.8, 4) is 17.2 Å². The number of esters is 3. The van der Waals surface area contributed by atoms with E-state index >= 15 is 0 Å². The van der Waals surface area contributed by atoms with Crippen molar-refractivity contribution in [2.24, 2.45) is 0 Å². The van der Waals surface area contributed by atoms with E-state index in [0.717, 1.165) is 24.3 Å². The third-order valence-electron chi connectivity index (χ3n) is 12.2. The molecular formula is C48H53O30+. The molecule has 4 heterocycles. The molecule has 424 valence electrons. The molecule has 0 saturated carbocycles. The van der Waals surface area contributed by atoms with Gasteiger partial charge in [-0.15, -0.1) is 0 Å². The second kappa shape index (κ2) is 24.9. The highest BCUT2D eigenvalue weighted by Crippen LogP contribution is 2.38. The lowest BCUT2D eigenvalue weighted by molar-refractivity contribution is -0.351. The fourth-order valence-electron chi connectivity index (χ4n) is 8.11. The van der Waals surface area contributed by atoms with Crippen molar-refractivity contribution in [1.82, 2.24) is 0 Å². The van der Waals surface area contributed by atoms with Crippen molar-refractivity contribution in [1.29, 1.82) is 0 Å². The van der Waals surface area contributed by atoms with E-state index in [4.69, 9.17) is 42.6 Å². The first-order valence-corrected chi connectivity index (χ1v) is 23.2. The van der Waals surface area contributed by atoms with E-state index in [1.54, 1.807) is 0 Å². The van der Waals surface area contributed by atoms with Crippen LogP contribution in [-0.2, 0) is 61.9 Å². The Balaban J connectivity index is 1.00. The van der Waals surface area contributed by atoms with Crippen LogP contribution in [0.5, 0.6) is 17.2 Å². The Labute approximate surface area is 437 Å². The number of phenols is 2. The number of carboxylic acid groups (broad SMARTS) is 2. The number of phenolic OH excluding ortho intramolecular Hbond substituents is 2. The summed E-state index contributed by atoms with van der Waals surface area (Å²) in [5.74, 6) is -11.3. The Bertz CT molecular complexity index is 2700. The molecule has 17 atom stereocenters. The van der Waals surface area contributed by atoms with Gasteiger partial charge in [0.15, 0.2) is 23.9 Å². The van der Waals surface area contributed by atoms with Crippen molar-refractivity contribution in [2.45, 2.75) is 111 Å². The summed E-state index contributed by atoms with van der Waals surface area (Å²) in [4.78, 5) is 62.9. The lowest BCUT2D eigenvalue weighted by Crippen LogP contribution is -2.63. The summed E-state index contributed by atoms with van der Waals surface area (Å²) >= 11 is 0. The molecule has 2 aromatic rings. The van der Waals surface area contributed by atoms with Crippen molar-refractivity contribution in [3.05, 3.63) is 101 Å². The quantitative estimate of drug-likeness (QED) is 0.0208. The van der Waals surface area contributed by atoms with Gasteiger partial charge >= 0.3 is 35.6 Å². The normalized spacial score (nSPS) is 31.7. The molecule has 1 unspecified atom stereocenters. The maximum absolute atomic E-state index is 13.0. The monoisotopic (exact) mass is 1110 g/mol. The van der Waals surface area contributed by atoms with Crippen LogP contribution >= 0.6 is 0 Å². The predicted octanol–water partition coefficient (Wildman–Crippen LogP) is -4.39. The lowest BCUT2D eigenvalue weighted by atomic mass is 9.96. The van der Waals surface area contributed by atoms with Gasteiger partial charge in [0.1, 0.15) is 91.3 Å². The summed E-state index contributed by atoms with van der Waals surface area (Å²) in [5.41, 5.74) is 0.359. The summed E-state index contributed by atoms with van der Waals surface area (Å²) in [5, 5.41) is 154. The maximum atomic E-state index is 13.0. The van der Waals surface area contributed by atoms with E-state index in [1.807, 2.05) is 0 Å². The molecule has 3 saturated heterocycles. The molecule has 0 bridgehead atoms. The van der Waals surface area contributed by atoms with Gasteiger partial charge in [-0.25, -0.2) is 14.4 Å². The first-order valence-electron chi connectivity index (χ1n) is 23.2. The highest BCUT2D eigenvalue weighted by Gasteiger charge is 2.52. The molecule has 0 amide bonds. The van der Waals surface area contributed by atoms with Gasteiger partial charge in [-0.05, 0) is 48.0 Å². The number of rotatable bonds is 19. The number of fused-ring (bicyclic) bond motifs is 1. The zero-order valence-corrected chi connectivity index (χ0v) is 39.9. The molecule has 78 heavy (non-hydrogen) atoms. The average Bonchev–Trinajstić information content (AvgIpc) is 3.49. The van der Waals surface area contributed by atoms with Crippen LogP contribution in [-0.4, -0.2) is 235 Å². The van der Waals surface area contributed by atoms with Crippen LogP contribution in [0.3, 0.4) is 0 Å². The maximum Gasteiger partial charge on any atom is 0.349 e. The Kier molecular flexibility index (Phi) is 18.6. The number of aliphatic hydroxyl groups is 13. The zero-order valence-electron chi connectivity index (χ0n) is 39.9. The smallest absolute Gasteiger partial charge is 0.349 e. The number of allylic oxidation sites excluding steroid dienone is 2. The summed E-state index contributed by atoms with van der Waals surface area (Å²) in [6, 6.07) is 8.72. The molecule has 1 aliphatic carbocycles. The minimum atomic E-state index is -2.79. The SMILES string of the molecule is O=C(/C=C/c1ccc(O[C@@H]2O[C@H](CO)[C@@H](O)[C@H](O)[C@H]2O)c(O)c1)O[C@@H](C(=O)O)[C@@H](OC(=O)CC(=O)OC[C@H]1O[C@@H](OC2=C(c3ccc(O)cc3)[OH+]C3C=C(O)C=C(O)C3=C2)[C@H](O[C@@H]2OC[C@@H](O)[C@H](O)[C@H]2O)[C@@H](O)[C@H]1O)C(=O)O. The number of ether oxygens (including phenoxy) is 10.